The number of aryl methyl sites for hydroxylation is 1. The van der Waals surface area contributed by atoms with Crippen LogP contribution in [0.4, 0.5) is 0 Å². The fraction of sp³-hybridized carbons (Fsp3) is 0.455. The Kier molecular flexibility index (Phi) is 2.33. The number of methoxy groups -OCH3 is 1. The Bertz CT molecular complexity index is 349. The smallest absolute Gasteiger partial charge is 0.164 e. The average molecular weight is 193 g/mol. The van der Waals surface area contributed by atoms with Gasteiger partial charge in [-0.25, -0.2) is 0 Å². The third kappa shape index (κ3) is 1.55. The second-order valence-corrected chi connectivity index (χ2v) is 3.73. The van der Waals surface area contributed by atoms with E-state index in [1.165, 1.54) is 5.56 Å². The van der Waals surface area contributed by atoms with Crippen LogP contribution in [0.15, 0.2) is 12.1 Å². The summed E-state index contributed by atoms with van der Waals surface area (Å²) in [6.45, 7) is 2.62. The molecule has 0 aromatic heterocycles. The molecule has 76 valence electrons. The van der Waals surface area contributed by atoms with Gasteiger partial charge < -0.3 is 15.2 Å². The molecule has 0 saturated heterocycles. The van der Waals surface area contributed by atoms with Gasteiger partial charge in [-0.3, -0.25) is 0 Å². The summed E-state index contributed by atoms with van der Waals surface area (Å²) in [4.78, 5) is 0. The van der Waals surface area contributed by atoms with Gasteiger partial charge in [0.2, 0.25) is 0 Å². The highest BCUT2D eigenvalue weighted by atomic mass is 16.5. The first kappa shape index (κ1) is 9.34. The molecule has 2 N–H and O–H groups in total. The molecule has 3 nitrogen and oxygen atoms in total. The van der Waals surface area contributed by atoms with Gasteiger partial charge in [-0.2, -0.15) is 0 Å². The van der Waals surface area contributed by atoms with Gasteiger partial charge in [-0.05, 0) is 30.5 Å². The van der Waals surface area contributed by atoms with Gasteiger partial charge in [0.1, 0.15) is 6.61 Å². The maximum absolute atomic E-state index is 5.83. The fourth-order valence-corrected chi connectivity index (χ4v) is 1.81. The average Bonchev–Trinajstić information content (AvgIpc) is 2.15. The van der Waals surface area contributed by atoms with Crippen molar-refractivity contribution in [3.63, 3.8) is 0 Å². The van der Waals surface area contributed by atoms with Crippen molar-refractivity contribution in [3.05, 3.63) is 23.3 Å². The van der Waals surface area contributed by atoms with Crippen LogP contribution in [0, 0.1) is 6.92 Å². The van der Waals surface area contributed by atoms with E-state index in [9.17, 15) is 0 Å². The Labute approximate surface area is 83.8 Å². The molecule has 0 bridgehead atoms. The van der Waals surface area contributed by atoms with Gasteiger partial charge in [0, 0.05) is 6.04 Å². The number of rotatable bonds is 1. The normalized spacial score (nSPS) is 19.8. The van der Waals surface area contributed by atoms with Gasteiger partial charge >= 0.3 is 0 Å². The summed E-state index contributed by atoms with van der Waals surface area (Å²) in [5.74, 6) is 1.67. The lowest BCUT2D eigenvalue weighted by atomic mass is 10.0. The van der Waals surface area contributed by atoms with E-state index in [4.69, 9.17) is 15.2 Å². The van der Waals surface area contributed by atoms with Crippen LogP contribution in [0.25, 0.3) is 0 Å². The zero-order chi connectivity index (χ0) is 10.1. The minimum Gasteiger partial charge on any atom is -0.493 e. The summed E-state index contributed by atoms with van der Waals surface area (Å²) < 4.78 is 10.8. The number of hydrogen-bond donors (Lipinski definition) is 1. The molecule has 1 aliphatic rings. The van der Waals surface area contributed by atoms with Crippen LogP contribution in [-0.2, 0) is 6.42 Å². The van der Waals surface area contributed by atoms with E-state index in [2.05, 4.69) is 6.07 Å². The van der Waals surface area contributed by atoms with Crippen molar-refractivity contribution < 1.29 is 9.47 Å². The van der Waals surface area contributed by atoms with E-state index >= 15 is 0 Å². The molecule has 1 aliphatic heterocycles. The SMILES string of the molecule is COc1cc(C)cc2c1OCC(N)C2. The first-order chi connectivity index (χ1) is 6.70. The van der Waals surface area contributed by atoms with Crippen LogP contribution in [0.2, 0.25) is 0 Å². The summed E-state index contributed by atoms with van der Waals surface area (Å²) in [7, 11) is 1.66. The van der Waals surface area contributed by atoms with E-state index in [0.717, 1.165) is 23.5 Å². The summed E-state index contributed by atoms with van der Waals surface area (Å²) in [6, 6.07) is 4.20. The van der Waals surface area contributed by atoms with E-state index in [0.29, 0.717) is 6.61 Å². The molecule has 1 unspecified atom stereocenters. The minimum absolute atomic E-state index is 0.106. The van der Waals surface area contributed by atoms with Crippen LogP contribution in [0.3, 0.4) is 0 Å². The molecule has 0 spiro atoms. The first-order valence-corrected chi connectivity index (χ1v) is 4.76. The largest absolute Gasteiger partial charge is 0.493 e. The first-order valence-electron chi connectivity index (χ1n) is 4.76. The molecule has 14 heavy (non-hydrogen) atoms. The Hall–Kier alpha value is -1.22. The number of nitrogens with two attached hydrogens (primary N) is 1. The van der Waals surface area contributed by atoms with Crippen molar-refractivity contribution in [1.29, 1.82) is 0 Å². The van der Waals surface area contributed by atoms with Crippen molar-refractivity contribution in [2.75, 3.05) is 13.7 Å². The monoisotopic (exact) mass is 193 g/mol. The molecular weight excluding hydrogens is 178 g/mol. The zero-order valence-corrected chi connectivity index (χ0v) is 8.54. The molecule has 1 aromatic carbocycles. The molecule has 3 heteroatoms. The van der Waals surface area contributed by atoms with Gasteiger partial charge in [0.15, 0.2) is 11.5 Å². The highest BCUT2D eigenvalue weighted by Crippen LogP contribution is 2.35. The predicted octanol–water partition coefficient (Wildman–Crippen LogP) is 1.27. The van der Waals surface area contributed by atoms with Crippen molar-refractivity contribution in [2.24, 2.45) is 5.73 Å². The maximum Gasteiger partial charge on any atom is 0.164 e. The molecular formula is C11H15NO2. The van der Waals surface area contributed by atoms with Crippen LogP contribution in [-0.4, -0.2) is 19.8 Å². The maximum atomic E-state index is 5.83. The Morgan fingerprint density at radius 3 is 3.00 bits per heavy atom. The predicted molar refractivity (Wildman–Crippen MR) is 54.9 cm³/mol. The Balaban J connectivity index is 2.46. The van der Waals surface area contributed by atoms with Gasteiger partial charge in [-0.1, -0.05) is 6.07 Å². The molecule has 2 rings (SSSR count). The van der Waals surface area contributed by atoms with E-state index in [-0.39, 0.29) is 6.04 Å². The lowest BCUT2D eigenvalue weighted by Crippen LogP contribution is -2.34. The van der Waals surface area contributed by atoms with Crippen molar-refractivity contribution >= 4 is 0 Å². The van der Waals surface area contributed by atoms with Crippen molar-refractivity contribution in [2.45, 2.75) is 19.4 Å². The van der Waals surface area contributed by atoms with Gasteiger partial charge in [0.25, 0.3) is 0 Å². The van der Waals surface area contributed by atoms with Crippen LogP contribution in [0.1, 0.15) is 11.1 Å². The molecule has 1 heterocycles. The lowest BCUT2D eigenvalue weighted by Gasteiger charge is -2.24. The number of hydrogen-bond acceptors (Lipinski definition) is 3. The third-order valence-electron chi connectivity index (χ3n) is 2.42. The highest BCUT2D eigenvalue weighted by molar-refractivity contribution is 5.50. The summed E-state index contributed by atoms with van der Waals surface area (Å²) in [6.07, 6.45) is 0.868. The third-order valence-corrected chi connectivity index (χ3v) is 2.42. The summed E-state index contributed by atoms with van der Waals surface area (Å²) >= 11 is 0. The second kappa shape index (κ2) is 3.50. The molecule has 0 amide bonds. The Morgan fingerprint density at radius 1 is 1.50 bits per heavy atom. The lowest BCUT2D eigenvalue weighted by molar-refractivity contribution is 0.248. The second-order valence-electron chi connectivity index (χ2n) is 3.73. The number of ether oxygens (including phenoxy) is 2. The van der Waals surface area contributed by atoms with E-state index < -0.39 is 0 Å². The van der Waals surface area contributed by atoms with Crippen molar-refractivity contribution in [3.8, 4) is 11.5 Å². The number of fused-ring (bicyclic) bond motifs is 1. The molecule has 0 fully saturated rings. The summed E-state index contributed by atoms with van der Waals surface area (Å²) in [5.41, 5.74) is 8.16. The van der Waals surface area contributed by atoms with Gasteiger partial charge in [0.05, 0.1) is 7.11 Å². The number of benzene rings is 1. The highest BCUT2D eigenvalue weighted by Gasteiger charge is 2.20. The molecule has 0 aliphatic carbocycles. The molecule has 1 aromatic rings. The Morgan fingerprint density at radius 2 is 2.29 bits per heavy atom. The summed E-state index contributed by atoms with van der Waals surface area (Å²) in [5, 5.41) is 0. The van der Waals surface area contributed by atoms with Crippen LogP contribution >= 0.6 is 0 Å². The molecule has 0 radical (unpaired) electrons. The van der Waals surface area contributed by atoms with Gasteiger partial charge in [-0.15, -0.1) is 0 Å². The zero-order valence-electron chi connectivity index (χ0n) is 8.54. The van der Waals surface area contributed by atoms with Crippen LogP contribution < -0.4 is 15.2 Å². The van der Waals surface area contributed by atoms with Crippen molar-refractivity contribution in [1.82, 2.24) is 0 Å². The minimum atomic E-state index is 0.106. The topological polar surface area (TPSA) is 44.5 Å². The van der Waals surface area contributed by atoms with Crippen LogP contribution in [0.5, 0.6) is 11.5 Å². The van der Waals surface area contributed by atoms with E-state index in [1.54, 1.807) is 7.11 Å². The van der Waals surface area contributed by atoms with E-state index in [1.807, 2.05) is 13.0 Å². The fourth-order valence-electron chi connectivity index (χ4n) is 1.81. The standard InChI is InChI=1S/C11H15NO2/c1-7-3-8-5-9(12)6-14-11(8)10(4-7)13-2/h3-4,9H,5-6,12H2,1-2H3. The molecule has 1 atom stereocenters. The molecule has 0 saturated carbocycles. The quantitative estimate of drug-likeness (QED) is 0.730.